The van der Waals surface area contributed by atoms with E-state index in [0.29, 0.717) is 12.2 Å². The van der Waals surface area contributed by atoms with Crippen LogP contribution in [0.3, 0.4) is 0 Å². The molecule has 2 rings (SSSR count). The van der Waals surface area contributed by atoms with Gasteiger partial charge in [0, 0.05) is 12.4 Å². The van der Waals surface area contributed by atoms with E-state index in [1.54, 1.807) is 6.07 Å². The highest BCUT2D eigenvalue weighted by Crippen LogP contribution is 2.20. The lowest BCUT2D eigenvalue weighted by Gasteiger charge is -2.12. The molecule has 0 bridgehead atoms. The van der Waals surface area contributed by atoms with Crippen molar-refractivity contribution >= 4 is 5.97 Å². The quantitative estimate of drug-likeness (QED) is 0.758. The largest absolute Gasteiger partial charge is 0.462 e. The summed E-state index contributed by atoms with van der Waals surface area (Å²) in [5.41, 5.74) is 2.53. The van der Waals surface area contributed by atoms with Crippen LogP contribution in [0, 0.1) is 6.92 Å². The molecule has 0 fully saturated rings. The van der Waals surface area contributed by atoms with Crippen LogP contribution in [0.4, 0.5) is 0 Å². The summed E-state index contributed by atoms with van der Waals surface area (Å²) in [5.74, 6) is -0.278. The number of nitrogens with zero attached hydrogens (tertiary/aromatic N) is 1. The summed E-state index contributed by atoms with van der Waals surface area (Å²) in [6, 6.07) is 9.51. The zero-order valence-electron chi connectivity index (χ0n) is 10.0. The SMILES string of the molecule is CCOC(=O)c1cccc(C)c1-n1cccc1. The molecule has 0 saturated carbocycles. The normalized spacial score (nSPS) is 10.2. The first kappa shape index (κ1) is 11.5. The predicted molar refractivity (Wildman–Crippen MR) is 66.5 cm³/mol. The molecule has 1 aromatic carbocycles. The van der Waals surface area contributed by atoms with Crippen LogP contribution in [-0.4, -0.2) is 17.1 Å². The second-order valence-electron chi connectivity index (χ2n) is 3.78. The number of aromatic nitrogens is 1. The minimum atomic E-state index is -0.278. The molecular formula is C14H15NO2. The molecule has 0 aliphatic rings. The number of carbonyl (C=O) groups excluding carboxylic acids is 1. The fraction of sp³-hybridized carbons (Fsp3) is 0.214. The molecule has 0 amide bonds. The molecule has 0 spiro atoms. The number of rotatable bonds is 3. The first-order valence-corrected chi connectivity index (χ1v) is 5.64. The summed E-state index contributed by atoms with van der Waals surface area (Å²) >= 11 is 0. The minimum Gasteiger partial charge on any atom is -0.462 e. The lowest BCUT2D eigenvalue weighted by atomic mass is 10.1. The van der Waals surface area contributed by atoms with Gasteiger partial charge in [0.25, 0.3) is 0 Å². The van der Waals surface area contributed by atoms with Crippen molar-refractivity contribution in [2.24, 2.45) is 0 Å². The second-order valence-corrected chi connectivity index (χ2v) is 3.78. The summed E-state index contributed by atoms with van der Waals surface area (Å²) in [4.78, 5) is 11.9. The van der Waals surface area contributed by atoms with E-state index in [4.69, 9.17) is 4.74 Å². The van der Waals surface area contributed by atoms with Gasteiger partial charge in [-0.1, -0.05) is 12.1 Å². The lowest BCUT2D eigenvalue weighted by molar-refractivity contribution is 0.0526. The van der Waals surface area contributed by atoms with Gasteiger partial charge in [0.15, 0.2) is 0 Å². The third-order valence-electron chi connectivity index (χ3n) is 2.60. The number of aryl methyl sites for hydroxylation is 1. The Labute approximate surface area is 101 Å². The maximum absolute atomic E-state index is 11.9. The third-order valence-corrected chi connectivity index (χ3v) is 2.60. The highest BCUT2D eigenvalue weighted by molar-refractivity contribution is 5.94. The Bertz CT molecular complexity index is 515. The van der Waals surface area contributed by atoms with Crippen molar-refractivity contribution in [3.63, 3.8) is 0 Å². The van der Waals surface area contributed by atoms with Crippen LogP contribution in [0.2, 0.25) is 0 Å². The Morgan fingerprint density at radius 3 is 2.59 bits per heavy atom. The van der Waals surface area contributed by atoms with Crippen molar-refractivity contribution in [3.05, 3.63) is 53.9 Å². The summed E-state index contributed by atoms with van der Waals surface area (Å²) in [6.45, 7) is 4.18. The van der Waals surface area contributed by atoms with Gasteiger partial charge in [0.1, 0.15) is 0 Å². The van der Waals surface area contributed by atoms with E-state index in [9.17, 15) is 4.79 Å². The number of para-hydroxylation sites is 1. The monoisotopic (exact) mass is 229 g/mol. The zero-order chi connectivity index (χ0) is 12.3. The van der Waals surface area contributed by atoms with E-state index in [1.807, 2.05) is 55.1 Å². The average molecular weight is 229 g/mol. The van der Waals surface area contributed by atoms with Crippen molar-refractivity contribution in [2.45, 2.75) is 13.8 Å². The molecule has 1 heterocycles. The molecule has 88 valence electrons. The zero-order valence-corrected chi connectivity index (χ0v) is 10.0. The molecule has 3 heteroatoms. The van der Waals surface area contributed by atoms with Gasteiger partial charge >= 0.3 is 5.97 Å². The van der Waals surface area contributed by atoms with E-state index in [2.05, 4.69) is 0 Å². The second kappa shape index (κ2) is 4.87. The van der Waals surface area contributed by atoms with Crippen LogP contribution in [0.25, 0.3) is 5.69 Å². The maximum Gasteiger partial charge on any atom is 0.340 e. The van der Waals surface area contributed by atoms with Gasteiger partial charge in [-0.2, -0.15) is 0 Å². The van der Waals surface area contributed by atoms with E-state index < -0.39 is 0 Å². The first-order chi connectivity index (χ1) is 8.24. The van der Waals surface area contributed by atoms with E-state index in [1.165, 1.54) is 0 Å². The molecule has 0 saturated heterocycles. The van der Waals surface area contributed by atoms with Crippen molar-refractivity contribution in [1.82, 2.24) is 4.57 Å². The minimum absolute atomic E-state index is 0.278. The highest BCUT2D eigenvalue weighted by Gasteiger charge is 2.14. The van der Waals surface area contributed by atoms with Gasteiger partial charge < -0.3 is 9.30 Å². The fourth-order valence-corrected chi connectivity index (χ4v) is 1.86. The van der Waals surface area contributed by atoms with Crippen molar-refractivity contribution < 1.29 is 9.53 Å². The summed E-state index contributed by atoms with van der Waals surface area (Å²) in [7, 11) is 0. The van der Waals surface area contributed by atoms with Crippen LogP contribution in [0.15, 0.2) is 42.7 Å². The molecule has 3 nitrogen and oxygen atoms in total. The van der Waals surface area contributed by atoms with Gasteiger partial charge in [0.05, 0.1) is 17.9 Å². The molecule has 0 aliphatic heterocycles. The molecule has 0 radical (unpaired) electrons. The Kier molecular flexibility index (Phi) is 3.28. The number of carbonyl (C=O) groups is 1. The van der Waals surface area contributed by atoms with E-state index >= 15 is 0 Å². The van der Waals surface area contributed by atoms with Crippen LogP contribution >= 0.6 is 0 Å². The van der Waals surface area contributed by atoms with Gasteiger partial charge in [-0.05, 0) is 37.6 Å². The average Bonchev–Trinajstić information content (AvgIpc) is 2.82. The Morgan fingerprint density at radius 2 is 1.94 bits per heavy atom. The van der Waals surface area contributed by atoms with Crippen molar-refractivity contribution in [1.29, 1.82) is 0 Å². The summed E-state index contributed by atoms with van der Waals surface area (Å²) in [6.07, 6.45) is 3.84. The number of ether oxygens (including phenoxy) is 1. The van der Waals surface area contributed by atoms with E-state index in [-0.39, 0.29) is 5.97 Å². The Morgan fingerprint density at radius 1 is 1.24 bits per heavy atom. The summed E-state index contributed by atoms with van der Waals surface area (Å²) < 4.78 is 7.00. The molecule has 0 unspecified atom stereocenters. The molecule has 0 N–H and O–H groups in total. The van der Waals surface area contributed by atoms with Crippen molar-refractivity contribution in [3.8, 4) is 5.69 Å². The van der Waals surface area contributed by atoms with Crippen LogP contribution in [0.5, 0.6) is 0 Å². The maximum atomic E-state index is 11.9. The highest BCUT2D eigenvalue weighted by atomic mass is 16.5. The number of hydrogen-bond donors (Lipinski definition) is 0. The van der Waals surface area contributed by atoms with Crippen LogP contribution in [-0.2, 0) is 4.74 Å². The molecule has 17 heavy (non-hydrogen) atoms. The van der Waals surface area contributed by atoms with Gasteiger partial charge in [-0.15, -0.1) is 0 Å². The van der Waals surface area contributed by atoms with E-state index in [0.717, 1.165) is 11.3 Å². The third kappa shape index (κ3) is 2.23. The topological polar surface area (TPSA) is 31.2 Å². The fourth-order valence-electron chi connectivity index (χ4n) is 1.86. The number of benzene rings is 1. The molecule has 0 aliphatic carbocycles. The van der Waals surface area contributed by atoms with Crippen LogP contribution < -0.4 is 0 Å². The first-order valence-electron chi connectivity index (χ1n) is 5.64. The molecular weight excluding hydrogens is 214 g/mol. The standard InChI is InChI=1S/C14H15NO2/c1-3-17-14(16)12-8-6-7-11(2)13(12)15-9-4-5-10-15/h4-10H,3H2,1-2H3. The lowest BCUT2D eigenvalue weighted by Crippen LogP contribution is -2.10. The predicted octanol–water partition coefficient (Wildman–Crippen LogP) is 2.96. The number of hydrogen-bond acceptors (Lipinski definition) is 2. The summed E-state index contributed by atoms with van der Waals surface area (Å²) in [5, 5.41) is 0. The van der Waals surface area contributed by atoms with Gasteiger partial charge in [-0.3, -0.25) is 0 Å². The molecule has 2 aromatic rings. The Hall–Kier alpha value is -2.03. The van der Waals surface area contributed by atoms with Crippen molar-refractivity contribution in [2.75, 3.05) is 6.61 Å². The van der Waals surface area contributed by atoms with Gasteiger partial charge in [-0.25, -0.2) is 4.79 Å². The molecule has 1 aromatic heterocycles. The Balaban J connectivity index is 2.53. The van der Waals surface area contributed by atoms with Gasteiger partial charge in [0.2, 0.25) is 0 Å². The smallest absolute Gasteiger partial charge is 0.340 e. The number of esters is 1. The molecule has 0 atom stereocenters. The van der Waals surface area contributed by atoms with Crippen LogP contribution in [0.1, 0.15) is 22.8 Å².